The van der Waals surface area contributed by atoms with Gasteiger partial charge in [0.25, 0.3) is 0 Å². The summed E-state index contributed by atoms with van der Waals surface area (Å²) in [6.07, 6.45) is -1.12. The Balaban J connectivity index is 2.15. The summed E-state index contributed by atoms with van der Waals surface area (Å²) in [7, 11) is 1.55. The molecule has 0 spiro atoms. The number of halogens is 3. The van der Waals surface area contributed by atoms with Gasteiger partial charge in [0.1, 0.15) is 5.82 Å². The lowest BCUT2D eigenvalue weighted by Gasteiger charge is -2.21. The Morgan fingerprint density at radius 1 is 1.36 bits per heavy atom. The molecule has 0 aliphatic heterocycles. The standard InChI is InChI=1S/C17H20F3N3O2/c1-13(24)22(8-9-25-2)12-16-21-6-7-23(16)11-14-4-3-5-15(10-14)17(18,19)20/h3-7,10H,8-9,11-12H2,1-2H3. The van der Waals surface area contributed by atoms with E-state index >= 15 is 0 Å². The van der Waals surface area contributed by atoms with Gasteiger partial charge in [0.15, 0.2) is 0 Å². The maximum absolute atomic E-state index is 12.8. The van der Waals surface area contributed by atoms with Crippen LogP contribution in [0.2, 0.25) is 0 Å². The van der Waals surface area contributed by atoms with E-state index < -0.39 is 11.7 Å². The van der Waals surface area contributed by atoms with Crippen LogP contribution in [0.5, 0.6) is 0 Å². The summed E-state index contributed by atoms with van der Waals surface area (Å²) in [5, 5.41) is 0. The number of carbonyl (C=O) groups is 1. The number of nitrogens with zero attached hydrogens (tertiary/aromatic N) is 3. The molecule has 2 aromatic rings. The van der Waals surface area contributed by atoms with Crippen molar-refractivity contribution in [3.05, 3.63) is 53.6 Å². The molecular formula is C17H20F3N3O2. The molecule has 0 radical (unpaired) electrons. The molecule has 25 heavy (non-hydrogen) atoms. The van der Waals surface area contributed by atoms with Gasteiger partial charge in [-0.25, -0.2) is 4.98 Å². The van der Waals surface area contributed by atoms with Gasteiger partial charge < -0.3 is 14.2 Å². The minimum atomic E-state index is -4.38. The van der Waals surface area contributed by atoms with Crippen molar-refractivity contribution in [2.24, 2.45) is 0 Å². The number of ether oxygens (including phenoxy) is 1. The Bertz CT molecular complexity index is 713. The summed E-state index contributed by atoms with van der Waals surface area (Å²) in [5.74, 6) is 0.481. The molecule has 1 aromatic carbocycles. The highest BCUT2D eigenvalue weighted by atomic mass is 19.4. The molecule has 0 aliphatic rings. The van der Waals surface area contributed by atoms with Crippen molar-refractivity contribution in [2.45, 2.75) is 26.2 Å². The van der Waals surface area contributed by atoms with Crippen LogP contribution in [0.1, 0.15) is 23.9 Å². The molecule has 0 saturated heterocycles. The summed E-state index contributed by atoms with van der Waals surface area (Å²) in [5.41, 5.74) is -0.169. The number of rotatable bonds is 7. The Morgan fingerprint density at radius 2 is 2.12 bits per heavy atom. The topological polar surface area (TPSA) is 47.4 Å². The van der Waals surface area contributed by atoms with Crippen LogP contribution in [0, 0.1) is 0 Å². The largest absolute Gasteiger partial charge is 0.416 e. The molecule has 0 bridgehead atoms. The van der Waals surface area contributed by atoms with E-state index in [0.29, 0.717) is 24.5 Å². The van der Waals surface area contributed by atoms with Crippen molar-refractivity contribution < 1.29 is 22.7 Å². The predicted molar refractivity (Wildman–Crippen MR) is 85.7 cm³/mol. The SMILES string of the molecule is COCCN(Cc1nccn1Cc1cccc(C(F)(F)F)c1)C(C)=O. The van der Waals surface area contributed by atoms with Gasteiger partial charge in [-0.1, -0.05) is 12.1 Å². The highest BCUT2D eigenvalue weighted by molar-refractivity contribution is 5.73. The Morgan fingerprint density at radius 3 is 2.76 bits per heavy atom. The van der Waals surface area contributed by atoms with E-state index in [9.17, 15) is 18.0 Å². The lowest BCUT2D eigenvalue weighted by molar-refractivity contribution is -0.137. The number of hydrogen-bond acceptors (Lipinski definition) is 3. The second kappa shape index (κ2) is 8.15. The second-order valence-electron chi connectivity index (χ2n) is 5.60. The fourth-order valence-corrected chi connectivity index (χ4v) is 2.40. The zero-order valence-corrected chi connectivity index (χ0v) is 14.1. The van der Waals surface area contributed by atoms with Gasteiger partial charge in [-0.2, -0.15) is 13.2 Å². The molecule has 0 fully saturated rings. The van der Waals surface area contributed by atoms with Crippen molar-refractivity contribution in [2.75, 3.05) is 20.3 Å². The van der Waals surface area contributed by atoms with Gasteiger partial charge in [-0.05, 0) is 17.7 Å². The first-order chi connectivity index (χ1) is 11.8. The van der Waals surface area contributed by atoms with Crippen LogP contribution >= 0.6 is 0 Å². The summed E-state index contributed by atoms with van der Waals surface area (Å²) in [4.78, 5) is 17.5. The molecule has 0 atom stereocenters. The number of alkyl halides is 3. The number of amides is 1. The lowest BCUT2D eigenvalue weighted by Crippen LogP contribution is -2.32. The molecule has 0 N–H and O–H groups in total. The van der Waals surface area contributed by atoms with E-state index in [1.807, 2.05) is 0 Å². The van der Waals surface area contributed by atoms with Crippen molar-refractivity contribution in [1.82, 2.24) is 14.5 Å². The lowest BCUT2D eigenvalue weighted by atomic mass is 10.1. The summed E-state index contributed by atoms with van der Waals surface area (Å²) >= 11 is 0. The number of methoxy groups -OCH3 is 1. The predicted octanol–water partition coefficient (Wildman–Crippen LogP) is 2.95. The number of carbonyl (C=O) groups excluding carboxylic acids is 1. The number of imidazole rings is 1. The quantitative estimate of drug-likeness (QED) is 0.767. The van der Waals surface area contributed by atoms with E-state index in [4.69, 9.17) is 4.74 Å². The molecule has 1 amide bonds. The van der Waals surface area contributed by atoms with Crippen molar-refractivity contribution in [1.29, 1.82) is 0 Å². The maximum atomic E-state index is 12.8. The third kappa shape index (κ3) is 5.32. The van der Waals surface area contributed by atoms with Crippen LogP contribution in [0.25, 0.3) is 0 Å². The Hall–Kier alpha value is -2.35. The average molecular weight is 355 g/mol. The molecule has 0 saturated carbocycles. The number of hydrogen-bond donors (Lipinski definition) is 0. The molecule has 1 heterocycles. The first-order valence-electron chi connectivity index (χ1n) is 7.72. The average Bonchev–Trinajstić information content (AvgIpc) is 2.97. The van der Waals surface area contributed by atoms with Gasteiger partial charge in [-0.3, -0.25) is 4.79 Å². The maximum Gasteiger partial charge on any atom is 0.416 e. The monoisotopic (exact) mass is 355 g/mol. The van der Waals surface area contributed by atoms with Crippen molar-refractivity contribution in [3.8, 4) is 0 Å². The fraction of sp³-hybridized carbons (Fsp3) is 0.412. The zero-order chi connectivity index (χ0) is 18.4. The van der Waals surface area contributed by atoms with Crippen molar-refractivity contribution >= 4 is 5.91 Å². The molecule has 8 heteroatoms. The van der Waals surface area contributed by atoms with Crippen LogP contribution in [-0.4, -0.2) is 40.6 Å². The molecular weight excluding hydrogens is 335 g/mol. The molecule has 0 aliphatic carbocycles. The van der Waals surface area contributed by atoms with Crippen LogP contribution < -0.4 is 0 Å². The van der Waals surface area contributed by atoms with Crippen LogP contribution in [0.3, 0.4) is 0 Å². The summed E-state index contributed by atoms with van der Waals surface area (Å²) < 4.78 is 45.2. The molecule has 0 unspecified atom stereocenters. The molecule has 2 rings (SSSR count). The van der Waals surface area contributed by atoms with E-state index in [1.54, 1.807) is 35.0 Å². The zero-order valence-electron chi connectivity index (χ0n) is 14.1. The van der Waals surface area contributed by atoms with Crippen LogP contribution in [0.4, 0.5) is 13.2 Å². The third-order valence-electron chi connectivity index (χ3n) is 3.75. The van der Waals surface area contributed by atoms with E-state index in [-0.39, 0.29) is 19.0 Å². The smallest absolute Gasteiger partial charge is 0.383 e. The van der Waals surface area contributed by atoms with E-state index in [1.165, 1.54) is 13.0 Å². The highest BCUT2D eigenvalue weighted by Gasteiger charge is 2.30. The summed E-state index contributed by atoms with van der Waals surface area (Å²) in [6, 6.07) is 5.18. The van der Waals surface area contributed by atoms with Gasteiger partial charge >= 0.3 is 6.18 Å². The van der Waals surface area contributed by atoms with Crippen LogP contribution in [0.15, 0.2) is 36.7 Å². The normalized spacial score (nSPS) is 11.6. The van der Waals surface area contributed by atoms with Crippen LogP contribution in [-0.2, 0) is 28.8 Å². The van der Waals surface area contributed by atoms with Gasteiger partial charge in [0, 0.05) is 39.5 Å². The molecule has 1 aromatic heterocycles. The molecule has 136 valence electrons. The van der Waals surface area contributed by atoms with Gasteiger partial charge in [0.05, 0.1) is 18.7 Å². The number of benzene rings is 1. The van der Waals surface area contributed by atoms with Crippen molar-refractivity contribution in [3.63, 3.8) is 0 Å². The second-order valence-corrected chi connectivity index (χ2v) is 5.60. The summed E-state index contributed by atoms with van der Waals surface area (Å²) in [6.45, 7) is 2.78. The first kappa shape index (κ1) is 19.0. The minimum Gasteiger partial charge on any atom is -0.383 e. The Labute approximate surface area is 144 Å². The van der Waals surface area contributed by atoms with Gasteiger partial charge in [-0.15, -0.1) is 0 Å². The first-order valence-corrected chi connectivity index (χ1v) is 7.72. The minimum absolute atomic E-state index is 0.120. The number of aromatic nitrogens is 2. The highest BCUT2D eigenvalue weighted by Crippen LogP contribution is 2.29. The van der Waals surface area contributed by atoms with Gasteiger partial charge in [0.2, 0.25) is 5.91 Å². The van der Waals surface area contributed by atoms with E-state index in [0.717, 1.165) is 12.1 Å². The fourth-order valence-electron chi connectivity index (χ4n) is 2.40. The Kier molecular flexibility index (Phi) is 6.19. The third-order valence-corrected chi connectivity index (χ3v) is 3.75. The van der Waals surface area contributed by atoms with E-state index in [2.05, 4.69) is 4.98 Å². The molecule has 5 nitrogen and oxygen atoms in total.